The summed E-state index contributed by atoms with van der Waals surface area (Å²) in [4.78, 5) is 21.8. The summed E-state index contributed by atoms with van der Waals surface area (Å²) in [5.41, 5.74) is 5.00. The van der Waals surface area contributed by atoms with Crippen molar-refractivity contribution in [3.63, 3.8) is 0 Å². The number of aliphatic hydroxyl groups is 1. The highest BCUT2D eigenvalue weighted by molar-refractivity contribution is 5.87. The van der Waals surface area contributed by atoms with Crippen LogP contribution in [0.5, 0.6) is 0 Å². The molecule has 10 heteroatoms. The Morgan fingerprint density at radius 1 is 1.05 bits per heavy atom. The first-order valence-corrected chi connectivity index (χ1v) is 13.9. The maximum Gasteiger partial charge on any atom is 0.251 e. The Balaban J connectivity index is 1.26. The van der Waals surface area contributed by atoms with Crippen molar-refractivity contribution in [2.24, 2.45) is 18.4 Å². The van der Waals surface area contributed by atoms with Gasteiger partial charge in [-0.05, 0) is 43.4 Å². The molecule has 2 aliphatic rings. The van der Waals surface area contributed by atoms with Gasteiger partial charge in [0.25, 0.3) is 5.91 Å². The lowest BCUT2D eigenvalue weighted by atomic mass is 9.79. The topological polar surface area (TPSA) is 116 Å². The number of anilines is 1. The fourth-order valence-corrected chi connectivity index (χ4v) is 6.22. The lowest BCUT2D eigenvalue weighted by Crippen LogP contribution is -2.47. The van der Waals surface area contributed by atoms with E-state index in [1.807, 2.05) is 56.6 Å². The molecule has 6 heterocycles. The smallest absolute Gasteiger partial charge is 0.251 e. The van der Waals surface area contributed by atoms with E-state index in [-0.39, 0.29) is 17.2 Å². The van der Waals surface area contributed by atoms with Crippen LogP contribution in [-0.4, -0.2) is 72.6 Å². The van der Waals surface area contributed by atoms with E-state index in [0.29, 0.717) is 18.7 Å². The molecular weight excluding hydrogens is 504 g/mol. The van der Waals surface area contributed by atoms with E-state index in [0.717, 1.165) is 65.9 Å². The van der Waals surface area contributed by atoms with Crippen LogP contribution < -0.4 is 4.90 Å². The van der Waals surface area contributed by atoms with Crippen LogP contribution in [0.15, 0.2) is 49.2 Å². The number of hydrogen-bond acceptors (Lipinski definition) is 7. The summed E-state index contributed by atoms with van der Waals surface area (Å²) in [7, 11) is 1.88. The van der Waals surface area contributed by atoms with E-state index < -0.39 is 6.10 Å². The second-order valence-electron chi connectivity index (χ2n) is 11.6. The third kappa shape index (κ3) is 4.60. The third-order valence-corrected chi connectivity index (χ3v) is 8.45. The summed E-state index contributed by atoms with van der Waals surface area (Å²) < 4.78 is 3.51. The minimum Gasteiger partial charge on any atom is -0.383 e. The van der Waals surface area contributed by atoms with Crippen molar-refractivity contribution >= 4 is 17.2 Å². The number of nitriles is 1. The normalized spacial score (nSPS) is 20.0. The van der Waals surface area contributed by atoms with Gasteiger partial charge in [0.2, 0.25) is 0 Å². The highest BCUT2D eigenvalue weighted by Crippen LogP contribution is 2.41. The number of fused-ring (bicyclic) bond motifs is 1. The lowest BCUT2D eigenvalue weighted by molar-refractivity contribution is -0.141. The highest BCUT2D eigenvalue weighted by atomic mass is 16.3. The summed E-state index contributed by atoms with van der Waals surface area (Å²) in [6.45, 7) is 6.88. The van der Waals surface area contributed by atoms with E-state index >= 15 is 0 Å². The molecule has 1 N–H and O–H groups in total. The number of aliphatic hydroxyl groups excluding tert-OH is 1. The number of rotatable bonds is 5. The monoisotopic (exact) mass is 538 g/mol. The van der Waals surface area contributed by atoms with E-state index in [4.69, 9.17) is 4.98 Å². The Bertz CT molecular complexity index is 1600. The van der Waals surface area contributed by atoms with Crippen molar-refractivity contribution in [2.45, 2.75) is 39.2 Å². The molecule has 2 atom stereocenters. The Labute approximate surface area is 233 Å². The number of piperidine rings is 1. The molecule has 0 saturated carbocycles. The molecule has 10 nitrogen and oxygen atoms in total. The Morgan fingerprint density at radius 3 is 2.60 bits per heavy atom. The van der Waals surface area contributed by atoms with Crippen LogP contribution in [0.25, 0.3) is 27.8 Å². The Kier molecular flexibility index (Phi) is 6.55. The van der Waals surface area contributed by atoms with Crippen LogP contribution in [0.4, 0.5) is 5.82 Å². The van der Waals surface area contributed by atoms with Crippen molar-refractivity contribution < 1.29 is 9.90 Å². The van der Waals surface area contributed by atoms with Gasteiger partial charge in [0.15, 0.2) is 0 Å². The molecule has 4 aromatic heterocycles. The summed E-state index contributed by atoms with van der Waals surface area (Å²) in [6, 6.07) is 8.44. The number of amides is 1. The van der Waals surface area contributed by atoms with Gasteiger partial charge in [0, 0.05) is 79.5 Å². The maximum atomic E-state index is 12.8. The molecule has 0 bridgehead atoms. The second kappa shape index (κ2) is 10.1. The molecule has 2 aliphatic heterocycles. The summed E-state index contributed by atoms with van der Waals surface area (Å²) >= 11 is 0. The number of hydrogen-bond donors (Lipinski definition) is 1. The van der Waals surface area contributed by atoms with Crippen LogP contribution >= 0.6 is 0 Å². The lowest BCUT2D eigenvalue weighted by Gasteiger charge is -2.41. The number of aryl methyl sites for hydroxylation is 1. The van der Waals surface area contributed by atoms with Gasteiger partial charge in [0.1, 0.15) is 18.0 Å². The van der Waals surface area contributed by atoms with Gasteiger partial charge in [-0.3, -0.25) is 9.48 Å². The van der Waals surface area contributed by atoms with Gasteiger partial charge in [-0.1, -0.05) is 13.8 Å². The van der Waals surface area contributed by atoms with Crippen molar-refractivity contribution in [1.82, 2.24) is 29.3 Å². The van der Waals surface area contributed by atoms with Crippen molar-refractivity contribution in [3.05, 3.63) is 54.7 Å². The van der Waals surface area contributed by atoms with Gasteiger partial charge < -0.3 is 14.9 Å². The molecule has 1 amide bonds. The number of carbonyl (C=O) groups excluding carboxylic acids is 1. The average Bonchev–Trinajstić information content (AvgIpc) is 3.70. The molecule has 0 aliphatic carbocycles. The number of likely N-dealkylation sites (tertiary alicyclic amines) is 1. The quantitative estimate of drug-likeness (QED) is 0.413. The molecule has 206 valence electrons. The van der Waals surface area contributed by atoms with Gasteiger partial charge in [0.05, 0.1) is 23.5 Å². The van der Waals surface area contributed by atoms with E-state index in [2.05, 4.69) is 33.3 Å². The zero-order chi connectivity index (χ0) is 28.0. The standard InChI is InChI=1S/C30H34N8O2/c1-20(2)28(39)29(40)37-10-8-30(19-37)7-4-9-36(18-30)26-6-5-21(13-32-26)25-11-22(24-15-33-35(3)16-24)17-38-27(25)23(12-31)14-34-38/h5-6,11,13-17,20,28,39H,4,7-10,18-19H2,1-3H3/t28-,30+/m1/s1. The molecule has 2 fully saturated rings. The fourth-order valence-electron chi connectivity index (χ4n) is 6.22. The minimum absolute atomic E-state index is 0.0223. The van der Waals surface area contributed by atoms with Crippen LogP contribution in [0.1, 0.15) is 38.7 Å². The molecule has 0 radical (unpaired) electrons. The largest absolute Gasteiger partial charge is 0.383 e. The highest BCUT2D eigenvalue weighted by Gasteiger charge is 2.44. The Hall–Kier alpha value is -4.23. The summed E-state index contributed by atoms with van der Waals surface area (Å²) in [6.07, 6.45) is 11.3. The number of pyridine rings is 2. The van der Waals surface area contributed by atoms with E-state index in [1.54, 1.807) is 15.4 Å². The van der Waals surface area contributed by atoms with E-state index in [1.165, 1.54) is 0 Å². The molecule has 2 saturated heterocycles. The Morgan fingerprint density at radius 2 is 1.90 bits per heavy atom. The van der Waals surface area contributed by atoms with Crippen molar-refractivity contribution in [2.75, 3.05) is 31.1 Å². The van der Waals surface area contributed by atoms with Crippen molar-refractivity contribution in [3.8, 4) is 28.3 Å². The number of nitrogens with zero attached hydrogens (tertiary/aromatic N) is 8. The zero-order valence-electron chi connectivity index (χ0n) is 23.2. The second-order valence-corrected chi connectivity index (χ2v) is 11.6. The SMILES string of the molecule is CC(C)[C@@H](O)C(=O)N1CC[C@]2(CCCN(c3ccc(-c4cc(-c5cnn(C)c5)cn5ncc(C#N)c45)cn3)C2)C1. The first-order chi connectivity index (χ1) is 19.3. The summed E-state index contributed by atoms with van der Waals surface area (Å²) in [5, 5.41) is 28.8. The number of carbonyl (C=O) groups is 1. The molecule has 1 spiro atoms. The van der Waals surface area contributed by atoms with Gasteiger partial charge in [-0.25, -0.2) is 9.50 Å². The van der Waals surface area contributed by atoms with Gasteiger partial charge >= 0.3 is 0 Å². The predicted octanol–water partition coefficient (Wildman–Crippen LogP) is 3.50. The maximum absolute atomic E-state index is 12.8. The third-order valence-electron chi connectivity index (χ3n) is 8.45. The molecule has 0 aromatic carbocycles. The van der Waals surface area contributed by atoms with E-state index in [9.17, 15) is 15.2 Å². The number of aromatic nitrogens is 5. The summed E-state index contributed by atoms with van der Waals surface area (Å²) in [5.74, 6) is 0.666. The first kappa shape index (κ1) is 26.0. The molecule has 40 heavy (non-hydrogen) atoms. The predicted molar refractivity (Wildman–Crippen MR) is 151 cm³/mol. The zero-order valence-corrected chi connectivity index (χ0v) is 23.2. The van der Waals surface area contributed by atoms with Crippen LogP contribution in [0.3, 0.4) is 0 Å². The fraction of sp³-hybridized carbons (Fsp3) is 0.433. The molecule has 6 rings (SSSR count). The van der Waals surface area contributed by atoms with Gasteiger partial charge in [-0.2, -0.15) is 15.5 Å². The van der Waals surface area contributed by atoms with Gasteiger partial charge in [-0.15, -0.1) is 0 Å². The van der Waals surface area contributed by atoms with Crippen LogP contribution in [0, 0.1) is 22.7 Å². The average molecular weight is 539 g/mol. The molecule has 4 aromatic rings. The van der Waals surface area contributed by atoms with Crippen LogP contribution in [-0.2, 0) is 11.8 Å². The molecule has 0 unspecified atom stereocenters. The minimum atomic E-state index is -0.940. The molecular formula is C30H34N8O2. The van der Waals surface area contributed by atoms with Crippen molar-refractivity contribution in [1.29, 1.82) is 5.26 Å². The first-order valence-electron chi connectivity index (χ1n) is 13.9. The van der Waals surface area contributed by atoms with Crippen LogP contribution in [0.2, 0.25) is 0 Å².